The maximum absolute atomic E-state index is 13.7. The van der Waals surface area contributed by atoms with Crippen LogP contribution >= 0.6 is 11.6 Å². The smallest absolute Gasteiger partial charge is 0.257 e. The second-order valence-corrected chi connectivity index (χ2v) is 8.76. The normalized spacial score (nSPS) is 15.3. The molecule has 7 nitrogen and oxygen atoms in total. The Kier molecular flexibility index (Phi) is 6.98. The van der Waals surface area contributed by atoms with Crippen LogP contribution in [0.25, 0.3) is 0 Å². The zero-order valence-corrected chi connectivity index (χ0v) is 20.1. The maximum atomic E-state index is 13.7. The van der Waals surface area contributed by atoms with E-state index in [9.17, 15) is 19.2 Å². The molecule has 4 rings (SSSR count). The average molecular weight is 490 g/mol. The Balaban J connectivity index is 1.68. The third-order valence-corrected chi connectivity index (χ3v) is 6.25. The van der Waals surface area contributed by atoms with E-state index in [2.05, 4.69) is 5.32 Å². The molecular weight excluding hydrogens is 466 g/mol. The van der Waals surface area contributed by atoms with Crippen LogP contribution in [-0.4, -0.2) is 34.6 Å². The molecule has 0 radical (unpaired) electrons. The minimum absolute atomic E-state index is 0.0752. The Bertz CT molecular complexity index is 1310. The highest BCUT2D eigenvalue weighted by molar-refractivity contribution is 6.31. The number of halogens is 1. The zero-order valence-electron chi connectivity index (χ0n) is 19.3. The molecular formula is C27H24ClN3O4. The van der Waals surface area contributed by atoms with E-state index in [0.717, 1.165) is 10.5 Å². The lowest BCUT2D eigenvalue weighted by Crippen LogP contribution is -2.45. The number of hydrogen-bond acceptors (Lipinski definition) is 4. The topological polar surface area (TPSA) is 86.8 Å². The van der Waals surface area contributed by atoms with Crippen molar-refractivity contribution in [1.29, 1.82) is 0 Å². The summed E-state index contributed by atoms with van der Waals surface area (Å²) in [5, 5.41) is 3.12. The van der Waals surface area contributed by atoms with Crippen LogP contribution in [0.5, 0.6) is 0 Å². The number of imide groups is 1. The lowest BCUT2D eigenvalue weighted by atomic mass is 10.0. The quantitative estimate of drug-likeness (QED) is 0.513. The van der Waals surface area contributed by atoms with Crippen LogP contribution in [0.15, 0.2) is 72.8 Å². The largest absolute Gasteiger partial charge is 0.326 e. The predicted octanol–water partition coefficient (Wildman–Crippen LogP) is 4.58. The number of amides is 4. The molecule has 1 saturated heterocycles. The van der Waals surface area contributed by atoms with Crippen LogP contribution < -0.4 is 10.2 Å². The molecule has 1 heterocycles. The van der Waals surface area contributed by atoms with Gasteiger partial charge in [0.15, 0.2) is 0 Å². The van der Waals surface area contributed by atoms with E-state index >= 15 is 0 Å². The summed E-state index contributed by atoms with van der Waals surface area (Å²) in [7, 11) is 0. The highest BCUT2D eigenvalue weighted by atomic mass is 35.5. The number of nitrogens with one attached hydrogen (secondary N) is 1. The number of carbonyl (C=O) groups excluding carboxylic acids is 4. The molecule has 0 aromatic heterocycles. The first-order chi connectivity index (χ1) is 16.8. The molecule has 0 saturated carbocycles. The fraction of sp³-hybridized carbons (Fsp3) is 0.185. The summed E-state index contributed by atoms with van der Waals surface area (Å²) in [5.74, 6) is -1.47. The Morgan fingerprint density at radius 2 is 1.66 bits per heavy atom. The number of benzene rings is 3. The molecule has 3 aromatic rings. The number of anilines is 2. The summed E-state index contributed by atoms with van der Waals surface area (Å²) in [6.45, 7) is 3.29. The number of hydrogen-bond donors (Lipinski definition) is 1. The van der Waals surface area contributed by atoms with Gasteiger partial charge in [0.1, 0.15) is 6.04 Å². The van der Waals surface area contributed by atoms with Crippen molar-refractivity contribution in [3.05, 3.63) is 94.5 Å². The van der Waals surface area contributed by atoms with Crippen molar-refractivity contribution in [3.8, 4) is 0 Å². The van der Waals surface area contributed by atoms with Gasteiger partial charge < -0.3 is 10.2 Å². The zero-order chi connectivity index (χ0) is 25.1. The summed E-state index contributed by atoms with van der Waals surface area (Å²) in [4.78, 5) is 54.0. The van der Waals surface area contributed by atoms with Gasteiger partial charge in [-0.15, -0.1) is 0 Å². The average Bonchev–Trinajstić information content (AvgIpc) is 3.12. The van der Waals surface area contributed by atoms with Gasteiger partial charge in [0.05, 0.1) is 12.1 Å². The molecule has 1 fully saturated rings. The second kappa shape index (κ2) is 10.1. The van der Waals surface area contributed by atoms with Crippen molar-refractivity contribution in [2.75, 3.05) is 10.2 Å². The highest BCUT2D eigenvalue weighted by Crippen LogP contribution is 2.30. The van der Waals surface area contributed by atoms with Crippen LogP contribution in [-0.2, 0) is 20.9 Å². The molecule has 1 aliphatic heterocycles. The van der Waals surface area contributed by atoms with Crippen LogP contribution in [0.1, 0.15) is 34.8 Å². The standard InChI is InChI=1S/C27H24ClN3O4/c1-17-7-3-5-9-22(17)26(34)30(16-19-8-4-6-10-23(19)28)24-15-25(33)31(27(24)35)21-13-11-20(12-14-21)29-18(2)32/h3-14,24H,15-16H2,1-2H3,(H,29,32). The van der Waals surface area contributed by atoms with Crippen molar-refractivity contribution in [3.63, 3.8) is 0 Å². The Hall–Kier alpha value is -3.97. The van der Waals surface area contributed by atoms with Gasteiger partial charge in [0, 0.05) is 29.7 Å². The van der Waals surface area contributed by atoms with Crippen molar-refractivity contribution in [2.24, 2.45) is 0 Å². The van der Waals surface area contributed by atoms with Gasteiger partial charge in [-0.1, -0.05) is 48.0 Å². The molecule has 1 N–H and O–H groups in total. The molecule has 0 spiro atoms. The van der Waals surface area contributed by atoms with E-state index in [-0.39, 0.29) is 24.8 Å². The number of nitrogens with zero attached hydrogens (tertiary/aromatic N) is 2. The van der Waals surface area contributed by atoms with Crippen LogP contribution in [0.4, 0.5) is 11.4 Å². The Morgan fingerprint density at radius 3 is 2.31 bits per heavy atom. The number of rotatable bonds is 6. The first-order valence-electron chi connectivity index (χ1n) is 11.1. The van der Waals surface area contributed by atoms with Crippen molar-refractivity contribution >= 4 is 46.6 Å². The fourth-order valence-electron chi connectivity index (χ4n) is 4.13. The van der Waals surface area contributed by atoms with E-state index in [1.807, 2.05) is 25.1 Å². The van der Waals surface area contributed by atoms with E-state index in [0.29, 0.717) is 27.5 Å². The first-order valence-corrected chi connectivity index (χ1v) is 11.5. The van der Waals surface area contributed by atoms with E-state index < -0.39 is 17.9 Å². The lowest BCUT2D eigenvalue weighted by Gasteiger charge is -2.29. The van der Waals surface area contributed by atoms with Crippen molar-refractivity contribution in [2.45, 2.75) is 32.9 Å². The Labute approximate surface area is 208 Å². The predicted molar refractivity (Wildman–Crippen MR) is 134 cm³/mol. The molecule has 1 unspecified atom stereocenters. The molecule has 4 amide bonds. The van der Waals surface area contributed by atoms with E-state index in [4.69, 9.17) is 11.6 Å². The van der Waals surface area contributed by atoms with Crippen LogP contribution in [0, 0.1) is 6.92 Å². The molecule has 3 aromatic carbocycles. The Morgan fingerprint density at radius 1 is 1.00 bits per heavy atom. The van der Waals surface area contributed by atoms with Gasteiger partial charge in [-0.25, -0.2) is 4.90 Å². The summed E-state index contributed by atoms with van der Waals surface area (Å²) in [6, 6.07) is 19.7. The monoisotopic (exact) mass is 489 g/mol. The second-order valence-electron chi connectivity index (χ2n) is 8.35. The third-order valence-electron chi connectivity index (χ3n) is 5.88. The van der Waals surface area contributed by atoms with Crippen LogP contribution in [0.3, 0.4) is 0 Å². The molecule has 1 aliphatic rings. The molecule has 178 valence electrons. The molecule has 35 heavy (non-hydrogen) atoms. The first kappa shape index (κ1) is 24.2. The fourth-order valence-corrected chi connectivity index (χ4v) is 4.32. The van der Waals surface area contributed by atoms with Gasteiger partial charge >= 0.3 is 0 Å². The van der Waals surface area contributed by atoms with E-state index in [1.165, 1.54) is 11.8 Å². The third kappa shape index (κ3) is 5.10. The molecule has 8 heteroatoms. The number of carbonyl (C=O) groups is 4. The summed E-state index contributed by atoms with van der Waals surface area (Å²) >= 11 is 6.37. The van der Waals surface area contributed by atoms with E-state index in [1.54, 1.807) is 54.6 Å². The summed E-state index contributed by atoms with van der Waals surface area (Å²) in [6.07, 6.45) is -0.144. The van der Waals surface area contributed by atoms with Crippen molar-refractivity contribution < 1.29 is 19.2 Å². The molecule has 1 atom stereocenters. The van der Waals surface area contributed by atoms with Gasteiger partial charge in [0.2, 0.25) is 11.8 Å². The minimum Gasteiger partial charge on any atom is -0.326 e. The van der Waals surface area contributed by atoms with Gasteiger partial charge in [-0.3, -0.25) is 19.2 Å². The van der Waals surface area contributed by atoms with Gasteiger partial charge in [0.25, 0.3) is 11.8 Å². The SMILES string of the molecule is CC(=O)Nc1ccc(N2C(=O)CC(N(Cc3ccccc3Cl)C(=O)c3ccccc3C)C2=O)cc1. The van der Waals surface area contributed by atoms with Crippen LogP contribution in [0.2, 0.25) is 5.02 Å². The van der Waals surface area contributed by atoms with Crippen molar-refractivity contribution in [1.82, 2.24) is 4.90 Å². The summed E-state index contributed by atoms with van der Waals surface area (Å²) in [5.41, 5.74) is 2.82. The maximum Gasteiger partial charge on any atom is 0.257 e. The number of aryl methyl sites for hydroxylation is 1. The highest BCUT2D eigenvalue weighted by Gasteiger charge is 2.44. The minimum atomic E-state index is -0.985. The molecule has 0 bridgehead atoms. The van der Waals surface area contributed by atoms with Gasteiger partial charge in [-0.05, 0) is 54.4 Å². The molecule has 0 aliphatic carbocycles. The summed E-state index contributed by atoms with van der Waals surface area (Å²) < 4.78 is 0. The lowest BCUT2D eigenvalue weighted by molar-refractivity contribution is -0.122. The van der Waals surface area contributed by atoms with Gasteiger partial charge in [-0.2, -0.15) is 0 Å².